The number of carbonyl (C=O) groups is 1. The highest BCUT2D eigenvalue weighted by molar-refractivity contribution is 7.90. The minimum absolute atomic E-state index is 0.223. The molecule has 25 heavy (non-hydrogen) atoms. The quantitative estimate of drug-likeness (QED) is 0.765. The number of hydrogen-bond acceptors (Lipinski definition) is 6. The van der Waals surface area contributed by atoms with Crippen molar-refractivity contribution in [2.75, 3.05) is 14.2 Å². The van der Waals surface area contributed by atoms with E-state index >= 15 is 0 Å². The zero-order valence-electron chi connectivity index (χ0n) is 13.5. The SMILES string of the molecule is COC(=O)N=c1c(F)cn(S(=O)(=O)c2ccc(OC)cc2)c(=O)n1C. The third-order valence-electron chi connectivity index (χ3n) is 3.23. The minimum Gasteiger partial charge on any atom is -0.497 e. The summed E-state index contributed by atoms with van der Waals surface area (Å²) < 4.78 is 49.3. The molecule has 0 saturated heterocycles. The Kier molecular flexibility index (Phi) is 5.07. The molecule has 1 aromatic carbocycles. The van der Waals surface area contributed by atoms with Crippen LogP contribution in [0.3, 0.4) is 0 Å². The second-order valence-corrected chi connectivity index (χ2v) is 6.52. The second kappa shape index (κ2) is 6.89. The van der Waals surface area contributed by atoms with Crippen molar-refractivity contribution in [2.24, 2.45) is 12.0 Å². The van der Waals surface area contributed by atoms with Crippen molar-refractivity contribution in [1.29, 1.82) is 0 Å². The van der Waals surface area contributed by atoms with Gasteiger partial charge in [0.1, 0.15) is 5.75 Å². The average Bonchev–Trinajstić information content (AvgIpc) is 2.61. The molecular weight excluding hydrogens is 357 g/mol. The fourth-order valence-electron chi connectivity index (χ4n) is 1.91. The van der Waals surface area contributed by atoms with E-state index in [1.54, 1.807) is 0 Å². The topological polar surface area (TPSA) is 109 Å². The number of amides is 1. The molecule has 0 bridgehead atoms. The van der Waals surface area contributed by atoms with Gasteiger partial charge in [-0.15, -0.1) is 0 Å². The highest BCUT2D eigenvalue weighted by Gasteiger charge is 2.21. The average molecular weight is 371 g/mol. The van der Waals surface area contributed by atoms with Crippen molar-refractivity contribution in [3.05, 3.63) is 52.3 Å². The predicted molar refractivity (Wildman–Crippen MR) is 83.2 cm³/mol. The summed E-state index contributed by atoms with van der Waals surface area (Å²) in [4.78, 5) is 26.5. The highest BCUT2D eigenvalue weighted by atomic mass is 32.2. The van der Waals surface area contributed by atoms with E-state index in [1.807, 2.05) is 0 Å². The van der Waals surface area contributed by atoms with Crippen LogP contribution >= 0.6 is 0 Å². The summed E-state index contributed by atoms with van der Waals surface area (Å²) in [5, 5.41) is 0. The molecule has 11 heteroatoms. The van der Waals surface area contributed by atoms with Gasteiger partial charge in [0.25, 0.3) is 10.0 Å². The van der Waals surface area contributed by atoms with Gasteiger partial charge in [-0.1, -0.05) is 0 Å². The number of halogens is 1. The summed E-state index contributed by atoms with van der Waals surface area (Å²) in [6, 6.07) is 5.20. The molecule has 0 N–H and O–H groups in total. The molecule has 0 saturated carbocycles. The molecular formula is C14H14FN3O6S. The van der Waals surface area contributed by atoms with Crippen LogP contribution in [0.5, 0.6) is 5.75 Å². The maximum absolute atomic E-state index is 14.2. The summed E-state index contributed by atoms with van der Waals surface area (Å²) in [5.41, 5.74) is -1.77. The molecule has 1 heterocycles. The van der Waals surface area contributed by atoms with Crippen LogP contribution in [-0.2, 0) is 21.8 Å². The van der Waals surface area contributed by atoms with Crippen LogP contribution < -0.4 is 15.9 Å². The Morgan fingerprint density at radius 2 is 1.80 bits per heavy atom. The maximum Gasteiger partial charge on any atom is 0.435 e. The summed E-state index contributed by atoms with van der Waals surface area (Å²) in [6.45, 7) is 0. The fraction of sp³-hybridized carbons (Fsp3) is 0.214. The molecule has 1 amide bonds. The first-order valence-electron chi connectivity index (χ1n) is 6.73. The molecule has 2 rings (SSSR count). The monoisotopic (exact) mass is 371 g/mol. The number of nitrogens with zero attached hydrogens (tertiary/aromatic N) is 3. The lowest BCUT2D eigenvalue weighted by Gasteiger charge is -2.10. The molecule has 0 atom stereocenters. The van der Waals surface area contributed by atoms with Gasteiger partial charge < -0.3 is 9.47 Å². The first kappa shape index (κ1) is 18.4. The van der Waals surface area contributed by atoms with Crippen molar-refractivity contribution < 1.29 is 27.1 Å². The van der Waals surface area contributed by atoms with Crippen LogP contribution in [0.1, 0.15) is 0 Å². The number of rotatable bonds is 3. The molecule has 0 aliphatic rings. The fourth-order valence-corrected chi connectivity index (χ4v) is 3.18. The normalized spacial score (nSPS) is 12.1. The molecule has 0 unspecified atom stereocenters. The van der Waals surface area contributed by atoms with Crippen molar-refractivity contribution in [3.8, 4) is 5.75 Å². The van der Waals surface area contributed by atoms with E-state index in [-0.39, 0.29) is 8.87 Å². The summed E-state index contributed by atoms with van der Waals surface area (Å²) >= 11 is 0. The molecule has 134 valence electrons. The molecule has 0 fully saturated rings. The Bertz CT molecular complexity index is 1040. The minimum atomic E-state index is -4.36. The lowest BCUT2D eigenvalue weighted by Crippen LogP contribution is -2.42. The van der Waals surface area contributed by atoms with Crippen LogP contribution in [0.15, 0.2) is 45.1 Å². The van der Waals surface area contributed by atoms with Crippen molar-refractivity contribution in [2.45, 2.75) is 4.90 Å². The molecule has 1 aromatic heterocycles. The number of benzene rings is 1. The van der Waals surface area contributed by atoms with Gasteiger partial charge in [-0.2, -0.15) is 8.96 Å². The number of hydrogen-bond donors (Lipinski definition) is 0. The van der Waals surface area contributed by atoms with Crippen LogP contribution in [0.2, 0.25) is 0 Å². The van der Waals surface area contributed by atoms with Gasteiger partial charge in [0.05, 0.1) is 25.3 Å². The largest absolute Gasteiger partial charge is 0.497 e. The zero-order valence-corrected chi connectivity index (χ0v) is 14.3. The standard InChI is InChI=1S/C14H14FN3O6S/c1-17-12(16-13(19)24-3)11(15)8-18(14(17)20)25(21,22)10-6-4-9(23-2)5-7-10/h4-8H,1-3H3. The molecule has 0 aliphatic carbocycles. The van der Waals surface area contributed by atoms with Gasteiger partial charge >= 0.3 is 11.8 Å². The van der Waals surface area contributed by atoms with Crippen molar-refractivity contribution >= 4 is 16.1 Å². The lowest BCUT2D eigenvalue weighted by molar-refractivity contribution is 0.181. The van der Waals surface area contributed by atoms with E-state index in [1.165, 1.54) is 31.4 Å². The lowest BCUT2D eigenvalue weighted by atomic mass is 10.3. The van der Waals surface area contributed by atoms with E-state index in [0.717, 1.165) is 14.2 Å². The molecule has 0 aliphatic heterocycles. The van der Waals surface area contributed by atoms with Gasteiger partial charge in [-0.3, -0.25) is 4.57 Å². The van der Waals surface area contributed by atoms with Crippen molar-refractivity contribution in [3.63, 3.8) is 0 Å². The van der Waals surface area contributed by atoms with Crippen molar-refractivity contribution in [1.82, 2.24) is 8.54 Å². The molecule has 9 nitrogen and oxygen atoms in total. The molecule has 0 radical (unpaired) electrons. The Morgan fingerprint density at radius 1 is 1.20 bits per heavy atom. The maximum atomic E-state index is 14.2. The smallest absolute Gasteiger partial charge is 0.435 e. The van der Waals surface area contributed by atoms with Crippen LogP contribution in [0.4, 0.5) is 9.18 Å². The highest BCUT2D eigenvalue weighted by Crippen LogP contribution is 2.17. The Morgan fingerprint density at radius 3 is 2.32 bits per heavy atom. The van der Waals surface area contributed by atoms with Crippen LogP contribution in [0, 0.1) is 5.82 Å². The van der Waals surface area contributed by atoms with Crippen LogP contribution in [-0.4, -0.2) is 37.3 Å². The van der Waals surface area contributed by atoms with E-state index in [2.05, 4.69) is 9.73 Å². The first-order chi connectivity index (χ1) is 11.7. The van der Waals surface area contributed by atoms with E-state index in [9.17, 15) is 22.4 Å². The van der Waals surface area contributed by atoms with Gasteiger partial charge in [0, 0.05) is 7.05 Å². The first-order valence-corrected chi connectivity index (χ1v) is 8.17. The number of carbonyl (C=O) groups excluding carboxylic acids is 1. The number of ether oxygens (including phenoxy) is 2. The van der Waals surface area contributed by atoms with Gasteiger partial charge in [0.15, 0.2) is 11.3 Å². The molecule has 2 aromatic rings. The third-order valence-corrected chi connectivity index (χ3v) is 4.87. The predicted octanol–water partition coefficient (Wildman–Crippen LogP) is 0.239. The second-order valence-electron chi connectivity index (χ2n) is 4.70. The third kappa shape index (κ3) is 3.45. The number of methoxy groups -OCH3 is 2. The summed E-state index contributed by atoms with van der Waals surface area (Å²) in [6.07, 6.45) is -0.686. The van der Waals surface area contributed by atoms with E-state index in [0.29, 0.717) is 16.5 Å². The Hall–Kier alpha value is -2.95. The Labute approximate surface area is 141 Å². The van der Waals surface area contributed by atoms with Gasteiger partial charge in [-0.05, 0) is 24.3 Å². The van der Waals surface area contributed by atoms with Gasteiger partial charge in [-0.25, -0.2) is 22.4 Å². The van der Waals surface area contributed by atoms with Crippen LogP contribution in [0.25, 0.3) is 0 Å². The van der Waals surface area contributed by atoms with Gasteiger partial charge in [0.2, 0.25) is 0 Å². The number of aromatic nitrogens is 2. The van der Waals surface area contributed by atoms with E-state index < -0.39 is 33.1 Å². The zero-order chi connectivity index (χ0) is 18.8. The van der Waals surface area contributed by atoms with E-state index in [4.69, 9.17) is 4.74 Å². The summed E-state index contributed by atoms with van der Waals surface area (Å²) in [5.74, 6) is -0.778. The summed E-state index contributed by atoms with van der Waals surface area (Å²) in [7, 11) is -0.847. The Balaban J connectivity index is 2.69. The molecule has 0 spiro atoms.